The van der Waals surface area contributed by atoms with Crippen molar-refractivity contribution in [2.24, 2.45) is 0 Å². The van der Waals surface area contributed by atoms with E-state index in [1.54, 1.807) is 19.2 Å². The lowest BCUT2D eigenvalue weighted by molar-refractivity contribution is -0.452. The molecule has 0 saturated carbocycles. The van der Waals surface area contributed by atoms with E-state index in [-0.39, 0.29) is 6.61 Å². The molecular formula is C17H26O7Si. The molecule has 0 saturated heterocycles. The summed E-state index contributed by atoms with van der Waals surface area (Å²) in [4.78, 5) is 31.7. The third-order valence-corrected chi connectivity index (χ3v) is 5.74. The molecule has 0 unspecified atom stereocenters. The Labute approximate surface area is 149 Å². The van der Waals surface area contributed by atoms with Gasteiger partial charge in [0.1, 0.15) is 0 Å². The molecule has 0 spiro atoms. The minimum absolute atomic E-state index is 0.0785. The van der Waals surface area contributed by atoms with Crippen LogP contribution in [-0.2, 0) is 24.3 Å². The van der Waals surface area contributed by atoms with Gasteiger partial charge in [-0.3, -0.25) is 4.89 Å². The lowest BCUT2D eigenvalue weighted by Crippen LogP contribution is -2.37. The smallest absolute Gasteiger partial charge is 0.432 e. The van der Waals surface area contributed by atoms with Gasteiger partial charge in [0.15, 0.2) is 0 Å². The minimum atomic E-state index is -1.44. The van der Waals surface area contributed by atoms with Crippen LogP contribution in [0.1, 0.15) is 30.6 Å². The van der Waals surface area contributed by atoms with Crippen molar-refractivity contribution in [1.29, 1.82) is 0 Å². The Morgan fingerprint density at radius 3 is 2.16 bits per heavy atom. The monoisotopic (exact) mass is 370 g/mol. The first-order chi connectivity index (χ1) is 11.5. The van der Waals surface area contributed by atoms with Crippen LogP contribution in [0.15, 0.2) is 24.3 Å². The van der Waals surface area contributed by atoms with Crippen LogP contribution < -0.4 is 5.19 Å². The van der Waals surface area contributed by atoms with Gasteiger partial charge in [-0.1, -0.05) is 37.0 Å². The second-order valence-corrected chi connectivity index (χ2v) is 12.2. The molecule has 0 fully saturated rings. The number of rotatable bonds is 8. The summed E-state index contributed by atoms with van der Waals surface area (Å²) in [6.07, 6.45) is -0.629. The van der Waals surface area contributed by atoms with E-state index in [9.17, 15) is 9.59 Å². The molecule has 0 amide bonds. The lowest BCUT2D eigenvalue weighted by Gasteiger charge is -2.21. The van der Waals surface area contributed by atoms with Crippen LogP contribution in [0.25, 0.3) is 0 Å². The van der Waals surface area contributed by atoms with E-state index in [0.29, 0.717) is 12.0 Å². The Kier molecular flexibility index (Phi) is 7.59. The molecule has 0 aliphatic carbocycles. The molecule has 0 bridgehead atoms. The fourth-order valence-electron chi connectivity index (χ4n) is 1.74. The second-order valence-electron chi connectivity index (χ2n) is 7.16. The minimum Gasteiger partial charge on any atom is -0.432 e. The summed E-state index contributed by atoms with van der Waals surface area (Å²) in [5, 5.41) is 5.38. The molecular weight excluding hydrogens is 344 g/mol. The predicted octanol–water partition coefficient (Wildman–Crippen LogP) is 3.20. The zero-order chi connectivity index (χ0) is 19.1. The quantitative estimate of drug-likeness (QED) is 0.301. The number of ether oxygens (including phenoxy) is 2. The van der Waals surface area contributed by atoms with E-state index in [2.05, 4.69) is 34.5 Å². The van der Waals surface area contributed by atoms with Crippen molar-refractivity contribution in [3.63, 3.8) is 0 Å². The Morgan fingerprint density at radius 1 is 1.04 bits per heavy atom. The summed E-state index contributed by atoms with van der Waals surface area (Å²) in [5.41, 5.74) is -0.129. The number of benzene rings is 1. The van der Waals surface area contributed by atoms with Crippen LogP contribution in [0.3, 0.4) is 0 Å². The second kappa shape index (κ2) is 8.98. The molecule has 25 heavy (non-hydrogen) atoms. The van der Waals surface area contributed by atoms with Crippen molar-refractivity contribution in [2.45, 2.75) is 45.5 Å². The zero-order valence-electron chi connectivity index (χ0n) is 15.6. The molecule has 1 aromatic carbocycles. The summed E-state index contributed by atoms with van der Waals surface area (Å²) in [6, 6.07) is 7.06. The van der Waals surface area contributed by atoms with Crippen molar-refractivity contribution in [1.82, 2.24) is 0 Å². The Hall–Kier alpha value is -1.90. The van der Waals surface area contributed by atoms with Crippen molar-refractivity contribution in [3.8, 4) is 0 Å². The van der Waals surface area contributed by atoms with Crippen molar-refractivity contribution >= 4 is 25.4 Å². The SMILES string of the molecule is COC(C)(C)CCOC(=O)OOOC(=O)c1ccc([Si](C)(C)C)cc1. The first-order valence-corrected chi connectivity index (χ1v) is 11.4. The molecule has 0 radical (unpaired) electrons. The fraction of sp³-hybridized carbons (Fsp3) is 0.529. The topological polar surface area (TPSA) is 80.3 Å². The highest BCUT2D eigenvalue weighted by atomic mass is 28.3. The summed E-state index contributed by atoms with van der Waals surface area (Å²) in [5.74, 6) is -0.768. The summed E-state index contributed by atoms with van der Waals surface area (Å²) in [7, 11) is 0.128. The number of carbonyl (C=O) groups excluding carboxylic acids is 2. The Bertz CT molecular complexity index is 576. The maximum absolute atomic E-state index is 11.8. The van der Waals surface area contributed by atoms with Gasteiger partial charge in [-0.25, -0.2) is 14.5 Å². The highest BCUT2D eigenvalue weighted by Crippen LogP contribution is 2.12. The molecule has 140 valence electrons. The largest absolute Gasteiger partial charge is 0.543 e. The molecule has 0 N–H and O–H groups in total. The van der Waals surface area contributed by atoms with E-state index in [1.165, 1.54) is 5.19 Å². The molecule has 0 aliphatic rings. The van der Waals surface area contributed by atoms with Crippen molar-refractivity contribution < 1.29 is 33.9 Å². The summed E-state index contributed by atoms with van der Waals surface area (Å²) in [6.45, 7) is 10.4. The van der Waals surface area contributed by atoms with Crippen LogP contribution in [0, 0.1) is 0 Å². The lowest BCUT2D eigenvalue weighted by atomic mass is 10.1. The number of hydrogen-bond donors (Lipinski definition) is 0. The van der Waals surface area contributed by atoms with E-state index in [1.807, 2.05) is 26.0 Å². The van der Waals surface area contributed by atoms with Crippen LogP contribution in [0.2, 0.25) is 19.6 Å². The van der Waals surface area contributed by atoms with Gasteiger partial charge in [-0.05, 0) is 26.0 Å². The normalized spacial score (nSPS) is 11.8. The van der Waals surface area contributed by atoms with Gasteiger partial charge in [0.25, 0.3) is 0 Å². The molecule has 0 aromatic heterocycles. The maximum Gasteiger partial charge on any atom is 0.543 e. The Balaban J connectivity index is 2.33. The first-order valence-electron chi connectivity index (χ1n) is 7.93. The van der Waals surface area contributed by atoms with Crippen LogP contribution in [0.4, 0.5) is 4.79 Å². The highest BCUT2D eigenvalue weighted by Gasteiger charge is 2.19. The number of carbonyl (C=O) groups is 2. The van der Waals surface area contributed by atoms with Gasteiger partial charge in [0.05, 0.1) is 30.9 Å². The standard InChI is InChI=1S/C17H26O7Si/c1-17(2,20-3)11-12-21-16(19)23-24-22-15(18)13-7-9-14(10-8-13)25(4,5)6/h7-10H,11-12H2,1-6H3. The molecule has 8 heteroatoms. The summed E-state index contributed by atoms with van der Waals surface area (Å²) >= 11 is 0. The third kappa shape index (κ3) is 7.68. The van der Waals surface area contributed by atoms with E-state index < -0.39 is 25.8 Å². The number of hydrogen-bond acceptors (Lipinski definition) is 7. The van der Waals surface area contributed by atoms with Crippen molar-refractivity contribution in [2.75, 3.05) is 13.7 Å². The van der Waals surface area contributed by atoms with Crippen LogP contribution >= 0.6 is 0 Å². The van der Waals surface area contributed by atoms with Crippen LogP contribution in [0.5, 0.6) is 0 Å². The maximum atomic E-state index is 11.8. The Morgan fingerprint density at radius 2 is 1.64 bits per heavy atom. The van der Waals surface area contributed by atoms with Crippen LogP contribution in [-0.4, -0.2) is 39.5 Å². The number of methoxy groups -OCH3 is 1. The summed E-state index contributed by atoms with van der Waals surface area (Å²) < 4.78 is 9.95. The fourth-order valence-corrected chi connectivity index (χ4v) is 2.90. The van der Waals surface area contributed by atoms with Gasteiger partial charge in [0, 0.05) is 13.5 Å². The molecule has 1 aromatic rings. The molecule has 0 heterocycles. The van der Waals surface area contributed by atoms with E-state index in [0.717, 1.165) is 0 Å². The highest BCUT2D eigenvalue weighted by molar-refractivity contribution is 6.88. The average molecular weight is 370 g/mol. The van der Waals surface area contributed by atoms with Gasteiger partial charge in [0.2, 0.25) is 0 Å². The molecule has 7 nitrogen and oxygen atoms in total. The molecule has 1 rings (SSSR count). The van der Waals surface area contributed by atoms with E-state index >= 15 is 0 Å². The van der Waals surface area contributed by atoms with E-state index in [4.69, 9.17) is 9.47 Å². The zero-order valence-corrected chi connectivity index (χ0v) is 16.6. The van der Waals surface area contributed by atoms with Gasteiger partial charge >= 0.3 is 12.1 Å². The average Bonchev–Trinajstić information content (AvgIpc) is 2.54. The van der Waals surface area contributed by atoms with Gasteiger partial charge in [-0.15, -0.1) is 0 Å². The van der Waals surface area contributed by atoms with Gasteiger partial charge in [-0.2, -0.15) is 0 Å². The van der Waals surface area contributed by atoms with Crippen molar-refractivity contribution in [3.05, 3.63) is 29.8 Å². The predicted molar refractivity (Wildman–Crippen MR) is 94.1 cm³/mol. The molecule has 0 aliphatic heterocycles. The first kappa shape index (κ1) is 21.1. The third-order valence-electron chi connectivity index (χ3n) is 3.68. The molecule has 0 atom stereocenters. The van der Waals surface area contributed by atoms with Gasteiger partial charge < -0.3 is 9.47 Å².